The molecule has 0 aromatic heterocycles. The molecule has 0 atom stereocenters. The molecule has 1 rings (SSSR count). The lowest BCUT2D eigenvalue weighted by Gasteiger charge is -2.14. The van der Waals surface area contributed by atoms with Crippen molar-refractivity contribution in [3.63, 3.8) is 0 Å². The van der Waals surface area contributed by atoms with Crippen LogP contribution < -0.4 is 10.9 Å². The summed E-state index contributed by atoms with van der Waals surface area (Å²) in [6, 6.07) is -0.310. The average molecular weight is 205 g/mol. The second-order valence-corrected chi connectivity index (χ2v) is 3.42. The minimum absolute atomic E-state index is 0.310. The van der Waals surface area contributed by atoms with Gasteiger partial charge in [0.05, 0.1) is 13.0 Å². The zero-order valence-corrected chi connectivity index (χ0v) is 8.02. The summed E-state index contributed by atoms with van der Waals surface area (Å²) in [4.78, 5) is 23.4. The molecule has 1 heterocycles. The van der Waals surface area contributed by atoms with Gasteiger partial charge in [0, 0.05) is 12.3 Å². The molecule has 6 nitrogen and oxygen atoms in total. The smallest absolute Gasteiger partial charge is 0.425 e. The highest BCUT2D eigenvalue weighted by Crippen LogP contribution is 2.12. The van der Waals surface area contributed by atoms with E-state index in [1.807, 2.05) is 0 Å². The lowest BCUT2D eigenvalue weighted by molar-refractivity contribution is 0.161. The minimum Gasteiger partial charge on any atom is -0.452 e. The molecule has 1 aliphatic rings. The summed E-state index contributed by atoms with van der Waals surface area (Å²) in [6.45, 7) is 0.708. The number of carbonyl (C=O) groups is 2. The summed E-state index contributed by atoms with van der Waals surface area (Å²) in [5.74, 6) is 1.60. The number of rotatable bonds is 0. The average Bonchev–Trinajstić information content (AvgIpc) is 2.66. The molecule has 3 amide bonds. The Bertz CT molecular complexity index is 205. The number of nitrogens with zero attached hydrogens (tertiary/aromatic N) is 1. The molecule has 0 saturated carbocycles. The highest BCUT2D eigenvalue weighted by Gasteiger charge is 2.18. The van der Waals surface area contributed by atoms with Crippen molar-refractivity contribution in [2.24, 2.45) is 0 Å². The van der Waals surface area contributed by atoms with Crippen LogP contribution in [0.15, 0.2) is 0 Å². The van der Waals surface area contributed by atoms with Crippen LogP contribution in [-0.2, 0) is 4.74 Å². The van der Waals surface area contributed by atoms with Crippen molar-refractivity contribution in [3.05, 3.63) is 0 Å². The van der Waals surface area contributed by atoms with Crippen molar-refractivity contribution in [1.29, 1.82) is 0 Å². The molecule has 0 aromatic carbocycles. The molecule has 1 saturated heterocycles. The predicted octanol–water partition coefficient (Wildman–Crippen LogP) is -0.0267. The lowest BCUT2D eigenvalue weighted by Crippen LogP contribution is -2.47. The second kappa shape index (κ2) is 4.80. The maximum atomic E-state index is 11.2. The van der Waals surface area contributed by atoms with Crippen LogP contribution in [0.4, 0.5) is 9.59 Å². The van der Waals surface area contributed by atoms with E-state index >= 15 is 0 Å². The number of methoxy groups -OCH3 is 1. The molecule has 0 aromatic rings. The third kappa shape index (κ3) is 3.02. The molecule has 1 fully saturated rings. The van der Waals surface area contributed by atoms with Gasteiger partial charge in [-0.25, -0.2) is 20.4 Å². The Balaban J connectivity index is 2.20. The summed E-state index contributed by atoms with van der Waals surface area (Å²) in [6.07, 6.45) is -0.680. The van der Waals surface area contributed by atoms with Crippen molar-refractivity contribution in [3.8, 4) is 0 Å². The first kappa shape index (κ1) is 9.97. The molecule has 13 heavy (non-hydrogen) atoms. The minimum atomic E-state index is -0.680. The number of hydrogen-bond acceptors (Lipinski definition) is 4. The van der Waals surface area contributed by atoms with Crippen molar-refractivity contribution in [2.45, 2.75) is 0 Å². The molecule has 7 heteroatoms. The van der Waals surface area contributed by atoms with Crippen molar-refractivity contribution in [2.75, 3.05) is 25.3 Å². The number of ether oxygens (including phenoxy) is 1. The molecule has 0 aliphatic carbocycles. The fraction of sp³-hybridized carbons (Fsp3) is 0.667. The number of hydrogen-bond donors (Lipinski definition) is 2. The first-order valence-corrected chi connectivity index (χ1v) is 4.86. The van der Waals surface area contributed by atoms with Crippen LogP contribution in [-0.4, -0.2) is 42.3 Å². The van der Waals surface area contributed by atoms with Crippen molar-refractivity contribution >= 4 is 23.9 Å². The maximum Gasteiger partial charge on any atom is 0.425 e. The molecule has 0 bridgehead atoms. The Morgan fingerprint density at radius 1 is 1.46 bits per heavy atom. The van der Waals surface area contributed by atoms with E-state index in [2.05, 4.69) is 15.6 Å². The third-order valence-electron chi connectivity index (χ3n) is 1.50. The molecule has 74 valence electrons. The van der Waals surface area contributed by atoms with Crippen molar-refractivity contribution in [1.82, 2.24) is 15.8 Å². The highest BCUT2D eigenvalue weighted by molar-refractivity contribution is 7.99. The van der Waals surface area contributed by atoms with E-state index < -0.39 is 6.09 Å². The number of hydrazine groups is 1. The Kier molecular flexibility index (Phi) is 3.69. The summed E-state index contributed by atoms with van der Waals surface area (Å²) in [7, 11) is 1.23. The summed E-state index contributed by atoms with van der Waals surface area (Å²) in [5, 5.41) is 0. The van der Waals surface area contributed by atoms with Gasteiger partial charge in [-0.15, -0.1) is 11.8 Å². The monoisotopic (exact) mass is 205 g/mol. The van der Waals surface area contributed by atoms with Gasteiger partial charge in [-0.3, -0.25) is 0 Å². The van der Waals surface area contributed by atoms with E-state index in [1.165, 1.54) is 7.11 Å². The summed E-state index contributed by atoms with van der Waals surface area (Å²) < 4.78 is 4.27. The summed E-state index contributed by atoms with van der Waals surface area (Å²) in [5.41, 5.74) is 4.32. The number of thioether (sulfide) groups is 1. The Morgan fingerprint density at radius 2 is 2.23 bits per heavy atom. The van der Waals surface area contributed by atoms with Gasteiger partial charge >= 0.3 is 12.1 Å². The van der Waals surface area contributed by atoms with Gasteiger partial charge in [0.1, 0.15) is 0 Å². The van der Waals surface area contributed by atoms with Crippen LogP contribution in [0.5, 0.6) is 0 Å². The number of urea groups is 1. The van der Waals surface area contributed by atoms with Crippen molar-refractivity contribution < 1.29 is 14.3 Å². The number of nitrogens with one attached hydrogen (secondary N) is 2. The molecule has 1 aliphatic heterocycles. The van der Waals surface area contributed by atoms with E-state index in [-0.39, 0.29) is 6.03 Å². The van der Waals surface area contributed by atoms with Gasteiger partial charge in [-0.2, -0.15) is 0 Å². The SMILES string of the molecule is COC(=O)NNC(=O)N1CCSC1. The first-order valence-electron chi connectivity index (χ1n) is 3.70. The fourth-order valence-electron chi connectivity index (χ4n) is 0.809. The fourth-order valence-corrected chi connectivity index (χ4v) is 1.75. The Hall–Kier alpha value is -1.11. The van der Waals surface area contributed by atoms with E-state index in [9.17, 15) is 9.59 Å². The van der Waals surface area contributed by atoms with Gasteiger partial charge in [0.15, 0.2) is 0 Å². The maximum absolute atomic E-state index is 11.2. The van der Waals surface area contributed by atoms with Crippen LogP contribution in [0, 0.1) is 0 Å². The first-order chi connectivity index (χ1) is 6.24. The van der Waals surface area contributed by atoms with Gasteiger partial charge in [0.25, 0.3) is 0 Å². The van der Waals surface area contributed by atoms with E-state index in [4.69, 9.17) is 0 Å². The molecule has 0 radical (unpaired) electrons. The van der Waals surface area contributed by atoms with Crippen LogP contribution in [0.2, 0.25) is 0 Å². The van der Waals surface area contributed by atoms with Crippen LogP contribution >= 0.6 is 11.8 Å². The van der Waals surface area contributed by atoms with Crippen LogP contribution in [0.3, 0.4) is 0 Å². The van der Waals surface area contributed by atoms with Crippen LogP contribution in [0.1, 0.15) is 0 Å². The topological polar surface area (TPSA) is 70.7 Å². The zero-order valence-electron chi connectivity index (χ0n) is 7.20. The van der Waals surface area contributed by atoms with Gasteiger partial charge < -0.3 is 9.64 Å². The molecule has 2 N–H and O–H groups in total. The molecular weight excluding hydrogens is 194 g/mol. The highest BCUT2D eigenvalue weighted by atomic mass is 32.2. The van der Waals surface area contributed by atoms with Crippen LogP contribution in [0.25, 0.3) is 0 Å². The quantitative estimate of drug-likeness (QED) is 0.545. The van der Waals surface area contributed by atoms with Gasteiger partial charge in [-0.1, -0.05) is 0 Å². The number of carbonyl (C=O) groups excluding carboxylic acids is 2. The standard InChI is InChI=1S/C6H11N3O3S/c1-12-6(11)8-7-5(10)9-2-3-13-4-9/h2-4H2,1H3,(H,7,10)(H,8,11). The lowest BCUT2D eigenvalue weighted by atomic mass is 10.6. The molecular formula is C6H11N3O3S. The van der Waals surface area contributed by atoms with E-state index in [1.54, 1.807) is 16.7 Å². The van der Waals surface area contributed by atoms with Gasteiger partial charge in [-0.05, 0) is 0 Å². The zero-order chi connectivity index (χ0) is 9.68. The second-order valence-electron chi connectivity index (χ2n) is 2.35. The van der Waals surface area contributed by atoms with Gasteiger partial charge in [0.2, 0.25) is 0 Å². The largest absolute Gasteiger partial charge is 0.452 e. The Labute approximate surface area is 79.9 Å². The third-order valence-corrected chi connectivity index (χ3v) is 2.46. The molecule has 0 spiro atoms. The Morgan fingerprint density at radius 3 is 2.77 bits per heavy atom. The normalized spacial score (nSPS) is 15.3. The van der Waals surface area contributed by atoms with E-state index in [0.717, 1.165) is 5.75 Å². The predicted molar refractivity (Wildman–Crippen MR) is 48.1 cm³/mol. The summed E-state index contributed by atoms with van der Waals surface area (Å²) >= 11 is 1.67. The molecule has 0 unspecified atom stereocenters. The number of amides is 3. The van der Waals surface area contributed by atoms with E-state index in [0.29, 0.717) is 12.4 Å².